The minimum Gasteiger partial charge on any atom is -0.407 e. The van der Waals surface area contributed by atoms with Gasteiger partial charge in [-0.2, -0.15) is 0 Å². The zero-order valence-corrected chi connectivity index (χ0v) is 17.6. The van der Waals surface area contributed by atoms with Gasteiger partial charge in [-0.1, -0.05) is 32.4 Å². The summed E-state index contributed by atoms with van der Waals surface area (Å²) in [6.07, 6.45) is 5.52. The second-order valence-electron chi connectivity index (χ2n) is 8.37. The van der Waals surface area contributed by atoms with Crippen LogP contribution >= 0.6 is 0 Å². The van der Waals surface area contributed by atoms with Crippen LogP contribution in [-0.2, 0) is 18.7 Å². The largest absolute Gasteiger partial charge is 0.407 e. The van der Waals surface area contributed by atoms with E-state index in [-0.39, 0.29) is 23.2 Å². The molecule has 24 heavy (non-hydrogen) atoms. The normalized spacial score (nSPS) is 21.6. The average Bonchev–Trinajstić information content (AvgIpc) is 2.49. The highest BCUT2D eigenvalue weighted by molar-refractivity contribution is 6.74. The highest BCUT2D eigenvalue weighted by atomic mass is 28.4. The van der Waals surface area contributed by atoms with Crippen LogP contribution in [0.5, 0.6) is 0 Å². The number of rotatable bonds is 8. The fourth-order valence-electron chi connectivity index (χ4n) is 2.26. The van der Waals surface area contributed by atoms with Gasteiger partial charge in [0.15, 0.2) is 20.4 Å². The Morgan fingerprint density at radius 3 is 2.46 bits per heavy atom. The predicted octanol–water partition coefficient (Wildman–Crippen LogP) is 4.85. The molecular formula is C19H36O4Si. The Labute approximate surface area is 149 Å². The van der Waals surface area contributed by atoms with Crippen molar-refractivity contribution < 1.29 is 18.7 Å². The maximum atomic E-state index is 12.0. The summed E-state index contributed by atoms with van der Waals surface area (Å²) in [5.41, 5.74) is 1.12. The van der Waals surface area contributed by atoms with E-state index in [1.807, 2.05) is 6.92 Å². The number of hydrogen-bond acceptors (Lipinski definition) is 4. The van der Waals surface area contributed by atoms with Crippen LogP contribution in [0, 0.1) is 0 Å². The van der Waals surface area contributed by atoms with Crippen LogP contribution in [0.25, 0.3) is 0 Å². The van der Waals surface area contributed by atoms with Gasteiger partial charge in [0.25, 0.3) is 0 Å². The van der Waals surface area contributed by atoms with E-state index in [1.165, 1.54) is 6.42 Å². The summed E-state index contributed by atoms with van der Waals surface area (Å²) in [5, 5.41) is 0.0981. The van der Waals surface area contributed by atoms with Crippen LogP contribution in [0.1, 0.15) is 60.3 Å². The third-order valence-electron chi connectivity index (χ3n) is 5.01. The van der Waals surface area contributed by atoms with Gasteiger partial charge in [-0.25, -0.2) is 0 Å². The molecule has 0 saturated carbocycles. The molecule has 2 atom stereocenters. The third-order valence-corrected chi connectivity index (χ3v) is 9.50. The van der Waals surface area contributed by atoms with Crippen LogP contribution < -0.4 is 0 Å². The molecule has 1 fully saturated rings. The number of Topliss-reactive ketones (excluding diaryl/α,β-unsaturated/α-hetero) is 1. The summed E-state index contributed by atoms with van der Waals surface area (Å²) in [4.78, 5) is 12.0. The molecule has 1 aliphatic heterocycles. The molecule has 0 radical (unpaired) electrons. The van der Waals surface area contributed by atoms with Gasteiger partial charge in [-0.3, -0.25) is 4.79 Å². The highest BCUT2D eigenvalue weighted by Crippen LogP contribution is 2.37. The van der Waals surface area contributed by atoms with Crippen LogP contribution in [-0.4, -0.2) is 39.7 Å². The molecule has 1 rings (SSSR count). The minimum atomic E-state index is -1.95. The quantitative estimate of drug-likeness (QED) is 0.461. The van der Waals surface area contributed by atoms with Gasteiger partial charge in [0.05, 0.1) is 6.61 Å². The minimum absolute atomic E-state index is 0.0748. The first-order valence-corrected chi connectivity index (χ1v) is 12.0. The molecule has 0 aliphatic carbocycles. The molecule has 1 unspecified atom stereocenters. The lowest BCUT2D eigenvalue weighted by molar-refractivity contribution is -0.156. The number of ketones is 1. The topological polar surface area (TPSA) is 44.8 Å². The Balaban J connectivity index is 2.53. The molecule has 1 aliphatic rings. The maximum Gasteiger partial charge on any atom is 0.193 e. The number of ether oxygens (including phenoxy) is 2. The lowest BCUT2D eigenvalue weighted by Crippen LogP contribution is -2.45. The Morgan fingerprint density at radius 2 is 1.96 bits per heavy atom. The van der Waals surface area contributed by atoms with Gasteiger partial charge in [-0.15, -0.1) is 0 Å². The van der Waals surface area contributed by atoms with Crippen molar-refractivity contribution in [2.24, 2.45) is 0 Å². The molecule has 0 amide bonds. The lowest BCUT2D eigenvalue weighted by atomic mass is 10.1. The Hall–Kier alpha value is -0.493. The smallest absolute Gasteiger partial charge is 0.193 e. The van der Waals surface area contributed by atoms with Gasteiger partial charge in [0.2, 0.25) is 0 Å². The fourth-order valence-corrected chi connectivity index (χ4v) is 3.59. The van der Waals surface area contributed by atoms with Crippen molar-refractivity contribution in [3.8, 4) is 0 Å². The SMILES string of the molecule is CC(=O)[C@H](C/C=C(/C)COC1CCCCO1)O[Si](C)(C)C(C)(C)C. The molecule has 5 heteroatoms. The van der Waals surface area contributed by atoms with Crippen LogP contribution in [0.2, 0.25) is 18.1 Å². The Morgan fingerprint density at radius 1 is 1.29 bits per heavy atom. The molecule has 0 aromatic heterocycles. The van der Waals surface area contributed by atoms with E-state index in [4.69, 9.17) is 13.9 Å². The van der Waals surface area contributed by atoms with E-state index in [0.29, 0.717) is 13.0 Å². The lowest BCUT2D eigenvalue weighted by Gasteiger charge is -2.38. The zero-order valence-electron chi connectivity index (χ0n) is 16.6. The molecule has 1 heterocycles. The first-order valence-electron chi connectivity index (χ1n) is 9.10. The van der Waals surface area contributed by atoms with Gasteiger partial charge >= 0.3 is 0 Å². The van der Waals surface area contributed by atoms with E-state index in [9.17, 15) is 4.79 Å². The second-order valence-corrected chi connectivity index (χ2v) is 13.1. The first kappa shape index (κ1) is 21.5. The van der Waals surface area contributed by atoms with Crippen LogP contribution in [0.3, 0.4) is 0 Å². The van der Waals surface area contributed by atoms with Gasteiger partial charge in [0, 0.05) is 6.61 Å². The number of carbonyl (C=O) groups excluding carboxylic acids is 1. The van der Waals surface area contributed by atoms with Crippen LogP contribution in [0.4, 0.5) is 0 Å². The van der Waals surface area contributed by atoms with Crippen molar-refractivity contribution in [1.29, 1.82) is 0 Å². The third kappa shape index (κ3) is 7.17. The summed E-state index contributed by atoms with van der Waals surface area (Å²) >= 11 is 0. The monoisotopic (exact) mass is 356 g/mol. The van der Waals surface area contributed by atoms with Crippen molar-refractivity contribution in [3.05, 3.63) is 11.6 Å². The van der Waals surface area contributed by atoms with E-state index >= 15 is 0 Å². The molecule has 0 N–H and O–H groups in total. The van der Waals surface area contributed by atoms with Crippen molar-refractivity contribution in [1.82, 2.24) is 0 Å². The highest BCUT2D eigenvalue weighted by Gasteiger charge is 2.39. The summed E-state index contributed by atoms with van der Waals surface area (Å²) in [7, 11) is -1.95. The average molecular weight is 357 g/mol. The van der Waals surface area contributed by atoms with E-state index in [2.05, 4.69) is 39.9 Å². The molecule has 0 aromatic carbocycles. The Kier molecular flexibility index (Phi) is 8.33. The summed E-state index contributed by atoms with van der Waals surface area (Å²) in [6.45, 7) is 15.9. The zero-order chi connectivity index (χ0) is 18.4. The summed E-state index contributed by atoms with van der Waals surface area (Å²) in [6, 6.07) is 0. The molecule has 4 nitrogen and oxygen atoms in total. The molecular weight excluding hydrogens is 320 g/mol. The van der Waals surface area contributed by atoms with E-state index < -0.39 is 8.32 Å². The van der Waals surface area contributed by atoms with E-state index in [1.54, 1.807) is 6.92 Å². The van der Waals surface area contributed by atoms with Crippen molar-refractivity contribution in [2.45, 2.75) is 90.8 Å². The van der Waals surface area contributed by atoms with Gasteiger partial charge in [-0.05, 0) is 57.7 Å². The second kappa shape index (κ2) is 9.27. The van der Waals surface area contributed by atoms with E-state index in [0.717, 1.165) is 25.0 Å². The fraction of sp³-hybridized carbons (Fsp3) is 0.842. The molecule has 140 valence electrons. The van der Waals surface area contributed by atoms with Crippen molar-refractivity contribution in [3.63, 3.8) is 0 Å². The van der Waals surface area contributed by atoms with Crippen molar-refractivity contribution >= 4 is 14.1 Å². The molecule has 0 aromatic rings. The van der Waals surface area contributed by atoms with Crippen molar-refractivity contribution in [2.75, 3.05) is 13.2 Å². The number of carbonyl (C=O) groups is 1. The standard InChI is InChI=1S/C19H36O4Si/c1-15(14-22-18-10-8-9-13-21-18)11-12-17(16(2)20)23-24(6,7)19(3,4)5/h11,17-18H,8-10,12-14H2,1-7H3/b15-11-/t17-,18?/m0/s1. The maximum absolute atomic E-state index is 12.0. The molecule has 0 spiro atoms. The van der Waals surface area contributed by atoms with Crippen LogP contribution in [0.15, 0.2) is 11.6 Å². The molecule has 0 bridgehead atoms. The summed E-state index contributed by atoms with van der Waals surface area (Å²) in [5.74, 6) is 0.0976. The predicted molar refractivity (Wildman–Crippen MR) is 101 cm³/mol. The molecule has 1 saturated heterocycles. The Bertz CT molecular complexity index is 431. The summed E-state index contributed by atoms with van der Waals surface area (Å²) < 4.78 is 17.6. The first-order chi connectivity index (χ1) is 11.0. The van der Waals surface area contributed by atoms with Gasteiger partial charge < -0.3 is 13.9 Å². The number of hydrogen-bond donors (Lipinski definition) is 0. The van der Waals surface area contributed by atoms with Gasteiger partial charge in [0.1, 0.15) is 6.10 Å².